The molecule has 5 nitrogen and oxygen atoms in total. The van der Waals surface area contributed by atoms with Crippen molar-refractivity contribution in [2.45, 2.75) is 38.0 Å². The highest BCUT2D eigenvalue weighted by Gasteiger charge is 2.43. The van der Waals surface area contributed by atoms with Crippen molar-refractivity contribution < 1.29 is 14.0 Å². The molecule has 0 bridgehead atoms. The number of hydrogen-bond acceptors (Lipinski definition) is 3. The van der Waals surface area contributed by atoms with E-state index in [2.05, 4.69) is 15.5 Å². The molecule has 2 N–H and O–H groups in total. The molecule has 1 saturated heterocycles. The van der Waals surface area contributed by atoms with Gasteiger partial charge in [-0.3, -0.25) is 14.5 Å². The molecule has 0 spiro atoms. The van der Waals surface area contributed by atoms with E-state index in [0.29, 0.717) is 17.9 Å². The number of benzene rings is 2. The Labute approximate surface area is 176 Å². The quantitative estimate of drug-likeness (QED) is 0.744. The molecule has 2 aliphatic rings. The number of nitrogens with zero attached hydrogens (tertiary/aromatic N) is 1. The summed E-state index contributed by atoms with van der Waals surface area (Å²) in [4.78, 5) is 27.2. The number of likely N-dealkylation sites (tertiary alicyclic amines) is 1. The van der Waals surface area contributed by atoms with Gasteiger partial charge in [-0.2, -0.15) is 0 Å². The fourth-order valence-electron chi connectivity index (χ4n) is 4.17. The molecule has 2 fully saturated rings. The van der Waals surface area contributed by atoms with Crippen molar-refractivity contribution in [2.75, 3.05) is 30.3 Å². The second-order valence-electron chi connectivity index (χ2n) is 8.31. The molecule has 0 radical (unpaired) electrons. The lowest BCUT2D eigenvalue weighted by Gasteiger charge is -2.19. The summed E-state index contributed by atoms with van der Waals surface area (Å²) >= 11 is 0. The van der Waals surface area contributed by atoms with Crippen LogP contribution >= 0.6 is 0 Å². The predicted molar refractivity (Wildman–Crippen MR) is 116 cm³/mol. The number of amides is 2. The fourth-order valence-corrected chi connectivity index (χ4v) is 4.17. The zero-order valence-electron chi connectivity index (χ0n) is 17.1. The summed E-state index contributed by atoms with van der Waals surface area (Å²) in [6, 6.07) is 13.6. The SMILES string of the molecule is O=C(CN1CCCCCC1)Nc1cccc(NC(=O)C2CC2c2ccc(F)cc2)c1. The standard InChI is InChI=1S/C24H28FN3O2/c25-18-10-8-17(9-11-18)21-15-22(21)24(30)27-20-7-5-6-19(14-20)26-23(29)16-28-12-3-1-2-4-13-28/h5-11,14,21-22H,1-4,12-13,15-16H2,(H,26,29)(H,27,30). The van der Waals surface area contributed by atoms with Gasteiger partial charge < -0.3 is 10.6 Å². The molecule has 1 heterocycles. The first-order valence-corrected chi connectivity index (χ1v) is 10.8. The molecular weight excluding hydrogens is 381 g/mol. The smallest absolute Gasteiger partial charge is 0.238 e. The zero-order chi connectivity index (χ0) is 20.9. The van der Waals surface area contributed by atoms with E-state index in [1.807, 2.05) is 18.2 Å². The Bertz CT molecular complexity index is 892. The predicted octanol–water partition coefficient (Wildman–Crippen LogP) is 4.38. The maximum absolute atomic E-state index is 13.1. The Hall–Kier alpha value is -2.73. The lowest BCUT2D eigenvalue weighted by atomic mass is 10.1. The van der Waals surface area contributed by atoms with E-state index in [1.54, 1.807) is 18.2 Å². The number of halogens is 1. The Balaban J connectivity index is 1.29. The third kappa shape index (κ3) is 5.45. The van der Waals surface area contributed by atoms with Crippen LogP contribution in [0.1, 0.15) is 43.6 Å². The van der Waals surface area contributed by atoms with E-state index < -0.39 is 0 Å². The number of anilines is 2. The second kappa shape index (κ2) is 9.39. The van der Waals surface area contributed by atoms with Crippen LogP contribution in [0.2, 0.25) is 0 Å². The van der Waals surface area contributed by atoms with Gasteiger partial charge in [-0.1, -0.05) is 31.0 Å². The van der Waals surface area contributed by atoms with E-state index in [0.717, 1.165) is 37.9 Å². The minimum atomic E-state index is -0.268. The Morgan fingerprint density at radius 1 is 0.933 bits per heavy atom. The molecule has 2 amide bonds. The lowest BCUT2D eigenvalue weighted by molar-refractivity contribution is -0.118. The van der Waals surface area contributed by atoms with Crippen molar-refractivity contribution in [1.29, 1.82) is 0 Å². The highest BCUT2D eigenvalue weighted by atomic mass is 19.1. The van der Waals surface area contributed by atoms with E-state index >= 15 is 0 Å². The summed E-state index contributed by atoms with van der Waals surface area (Å²) in [5, 5.41) is 5.88. The van der Waals surface area contributed by atoms with Gasteiger partial charge in [0.25, 0.3) is 0 Å². The molecule has 6 heteroatoms. The molecule has 1 saturated carbocycles. The number of nitrogens with one attached hydrogen (secondary N) is 2. The van der Waals surface area contributed by atoms with Gasteiger partial charge in [0.15, 0.2) is 0 Å². The summed E-state index contributed by atoms with van der Waals surface area (Å²) in [7, 11) is 0. The maximum atomic E-state index is 13.1. The third-order valence-corrected chi connectivity index (χ3v) is 5.91. The molecule has 2 aromatic carbocycles. The van der Waals surface area contributed by atoms with E-state index in [-0.39, 0.29) is 29.5 Å². The van der Waals surface area contributed by atoms with Crippen LogP contribution < -0.4 is 10.6 Å². The van der Waals surface area contributed by atoms with Gasteiger partial charge in [0.1, 0.15) is 5.82 Å². The Morgan fingerprint density at radius 3 is 2.30 bits per heavy atom. The van der Waals surface area contributed by atoms with Crippen LogP contribution in [0.15, 0.2) is 48.5 Å². The van der Waals surface area contributed by atoms with Crippen molar-refractivity contribution in [3.8, 4) is 0 Å². The first-order valence-electron chi connectivity index (χ1n) is 10.8. The van der Waals surface area contributed by atoms with Gasteiger partial charge in [-0.25, -0.2) is 4.39 Å². The average molecular weight is 410 g/mol. The molecule has 2 aromatic rings. The van der Waals surface area contributed by atoms with Gasteiger partial charge in [0.05, 0.1) is 6.54 Å². The lowest BCUT2D eigenvalue weighted by Crippen LogP contribution is -2.33. The number of hydrogen-bond donors (Lipinski definition) is 2. The van der Waals surface area contributed by atoms with Crippen molar-refractivity contribution in [2.24, 2.45) is 5.92 Å². The maximum Gasteiger partial charge on any atom is 0.238 e. The highest BCUT2D eigenvalue weighted by Crippen LogP contribution is 2.48. The number of carbonyl (C=O) groups is 2. The van der Waals surface area contributed by atoms with E-state index in [4.69, 9.17) is 0 Å². The van der Waals surface area contributed by atoms with Crippen molar-refractivity contribution >= 4 is 23.2 Å². The fraction of sp³-hybridized carbons (Fsp3) is 0.417. The molecule has 4 rings (SSSR count). The van der Waals surface area contributed by atoms with Gasteiger partial charge >= 0.3 is 0 Å². The van der Waals surface area contributed by atoms with Crippen molar-refractivity contribution in [1.82, 2.24) is 4.90 Å². The highest BCUT2D eigenvalue weighted by molar-refractivity contribution is 5.97. The summed E-state index contributed by atoms with van der Waals surface area (Å²) in [6.45, 7) is 2.35. The molecular formula is C24H28FN3O2. The van der Waals surface area contributed by atoms with Gasteiger partial charge in [0, 0.05) is 17.3 Å². The summed E-state index contributed by atoms with van der Waals surface area (Å²) < 4.78 is 13.1. The largest absolute Gasteiger partial charge is 0.326 e. The molecule has 2 atom stereocenters. The summed E-state index contributed by atoms with van der Waals surface area (Å²) in [5.74, 6) is -0.301. The molecule has 2 unspecified atom stereocenters. The van der Waals surface area contributed by atoms with Crippen LogP contribution in [-0.2, 0) is 9.59 Å². The second-order valence-corrected chi connectivity index (χ2v) is 8.31. The topological polar surface area (TPSA) is 61.4 Å². The normalized spacial score (nSPS) is 21.5. The van der Waals surface area contributed by atoms with Crippen molar-refractivity contribution in [3.63, 3.8) is 0 Å². The van der Waals surface area contributed by atoms with Crippen LogP contribution in [0.5, 0.6) is 0 Å². The third-order valence-electron chi connectivity index (χ3n) is 5.91. The first kappa shape index (κ1) is 20.5. The van der Waals surface area contributed by atoms with Gasteiger partial charge in [0.2, 0.25) is 11.8 Å². The minimum absolute atomic E-state index is 0.0288. The first-order chi connectivity index (χ1) is 14.6. The van der Waals surface area contributed by atoms with E-state index in [9.17, 15) is 14.0 Å². The van der Waals surface area contributed by atoms with E-state index in [1.165, 1.54) is 25.0 Å². The molecule has 30 heavy (non-hydrogen) atoms. The summed E-state index contributed by atoms with van der Waals surface area (Å²) in [6.07, 6.45) is 5.54. The van der Waals surface area contributed by atoms with Crippen LogP contribution in [-0.4, -0.2) is 36.3 Å². The van der Waals surface area contributed by atoms with Gasteiger partial charge in [-0.15, -0.1) is 0 Å². The van der Waals surface area contributed by atoms with Crippen LogP contribution in [0.25, 0.3) is 0 Å². The molecule has 158 valence electrons. The van der Waals surface area contributed by atoms with Gasteiger partial charge in [-0.05, 0) is 74.2 Å². The Kier molecular flexibility index (Phi) is 6.43. The zero-order valence-corrected chi connectivity index (χ0v) is 17.1. The molecule has 1 aliphatic heterocycles. The minimum Gasteiger partial charge on any atom is -0.326 e. The number of carbonyl (C=O) groups excluding carboxylic acids is 2. The Morgan fingerprint density at radius 2 is 1.60 bits per heavy atom. The molecule has 1 aliphatic carbocycles. The monoisotopic (exact) mass is 409 g/mol. The molecule has 0 aromatic heterocycles. The average Bonchev–Trinajstić information content (AvgIpc) is 3.54. The number of rotatable bonds is 6. The van der Waals surface area contributed by atoms with Crippen LogP contribution in [0, 0.1) is 11.7 Å². The van der Waals surface area contributed by atoms with Crippen LogP contribution in [0.4, 0.5) is 15.8 Å². The van der Waals surface area contributed by atoms with Crippen molar-refractivity contribution in [3.05, 3.63) is 59.9 Å². The summed E-state index contributed by atoms with van der Waals surface area (Å²) in [5.41, 5.74) is 2.34. The van der Waals surface area contributed by atoms with Crippen LogP contribution in [0.3, 0.4) is 0 Å².